The van der Waals surface area contributed by atoms with Gasteiger partial charge in [-0.05, 0) is 34.6 Å². The minimum atomic E-state index is -0.296. The highest BCUT2D eigenvalue weighted by Crippen LogP contribution is 2.02. The van der Waals surface area contributed by atoms with Gasteiger partial charge in [-0.1, -0.05) is 0 Å². The second-order valence-electron chi connectivity index (χ2n) is 3.62. The van der Waals surface area contributed by atoms with Gasteiger partial charge < -0.3 is 4.43 Å². The van der Waals surface area contributed by atoms with E-state index in [0.29, 0.717) is 12.1 Å². The van der Waals surface area contributed by atoms with Crippen molar-refractivity contribution < 1.29 is 4.43 Å². The van der Waals surface area contributed by atoms with Crippen molar-refractivity contribution >= 4 is 9.76 Å². The zero-order valence-electron chi connectivity index (χ0n) is 9.13. The van der Waals surface area contributed by atoms with Crippen LogP contribution in [0.5, 0.6) is 0 Å². The lowest BCUT2D eigenvalue weighted by Crippen LogP contribution is -2.40. The largest absolute Gasteiger partial charge is 0.423 e. The Morgan fingerprint density at radius 1 is 1.17 bits per heavy atom. The molecule has 0 bridgehead atoms. The lowest BCUT2D eigenvalue weighted by molar-refractivity contribution is 0.196. The summed E-state index contributed by atoms with van der Waals surface area (Å²) in [4.78, 5) is 2.50. The molecule has 0 radical (unpaired) electrons. The average molecular weight is 189 g/mol. The van der Waals surface area contributed by atoms with Crippen molar-refractivity contribution in [2.24, 2.45) is 0 Å². The van der Waals surface area contributed by atoms with Gasteiger partial charge in [0.2, 0.25) is 0 Å². The summed E-state index contributed by atoms with van der Waals surface area (Å²) in [6.45, 7) is 12.0. The standard InChI is InChI=1S/C9H23NOSi/c1-6-11-12-7-10(8(2)3)9(4)5/h8-9H,6-7,12H2,1-5H3. The fourth-order valence-corrected chi connectivity index (χ4v) is 3.09. The van der Waals surface area contributed by atoms with E-state index < -0.39 is 0 Å². The lowest BCUT2D eigenvalue weighted by atomic mass is 10.2. The number of hydrogen-bond donors (Lipinski definition) is 0. The monoisotopic (exact) mass is 189 g/mol. The maximum absolute atomic E-state index is 5.46. The molecule has 74 valence electrons. The van der Waals surface area contributed by atoms with E-state index in [2.05, 4.69) is 39.5 Å². The molecule has 0 fully saturated rings. The number of nitrogens with zero attached hydrogens (tertiary/aromatic N) is 1. The van der Waals surface area contributed by atoms with Gasteiger partial charge in [0.05, 0.1) is 0 Å². The summed E-state index contributed by atoms with van der Waals surface area (Å²) < 4.78 is 5.46. The predicted octanol–water partition coefficient (Wildman–Crippen LogP) is 1.18. The first-order valence-corrected chi connectivity index (χ1v) is 6.50. The molecule has 0 aromatic carbocycles. The lowest BCUT2D eigenvalue weighted by Gasteiger charge is -2.30. The summed E-state index contributed by atoms with van der Waals surface area (Å²) in [5.41, 5.74) is 0. The van der Waals surface area contributed by atoms with E-state index in [9.17, 15) is 0 Å². The van der Waals surface area contributed by atoms with Gasteiger partial charge >= 0.3 is 0 Å². The Morgan fingerprint density at radius 3 is 2.00 bits per heavy atom. The van der Waals surface area contributed by atoms with Gasteiger partial charge in [0.25, 0.3) is 0 Å². The van der Waals surface area contributed by atoms with Crippen LogP contribution in [0.1, 0.15) is 34.6 Å². The highest BCUT2D eigenvalue weighted by atomic mass is 28.2. The van der Waals surface area contributed by atoms with Gasteiger partial charge in [0, 0.05) is 24.9 Å². The topological polar surface area (TPSA) is 12.5 Å². The Balaban J connectivity index is 3.64. The molecule has 0 unspecified atom stereocenters. The van der Waals surface area contributed by atoms with Crippen LogP contribution in [0.2, 0.25) is 0 Å². The Kier molecular flexibility index (Phi) is 6.71. The first kappa shape index (κ1) is 12.1. The molecule has 3 heteroatoms. The maximum Gasteiger partial charge on any atom is 0.175 e. The van der Waals surface area contributed by atoms with E-state index in [-0.39, 0.29) is 9.76 Å². The summed E-state index contributed by atoms with van der Waals surface area (Å²) in [5.74, 6) is 0. The van der Waals surface area contributed by atoms with Crippen LogP contribution in [0.4, 0.5) is 0 Å². The van der Waals surface area contributed by atoms with Crippen molar-refractivity contribution in [3.05, 3.63) is 0 Å². The van der Waals surface area contributed by atoms with Gasteiger partial charge in [0.15, 0.2) is 9.76 Å². The van der Waals surface area contributed by atoms with Gasteiger partial charge in [0.1, 0.15) is 0 Å². The van der Waals surface area contributed by atoms with E-state index in [1.165, 1.54) is 6.17 Å². The molecular formula is C9H23NOSi. The van der Waals surface area contributed by atoms with Gasteiger partial charge in [-0.2, -0.15) is 0 Å². The van der Waals surface area contributed by atoms with Crippen molar-refractivity contribution in [3.63, 3.8) is 0 Å². The second-order valence-corrected chi connectivity index (χ2v) is 4.89. The molecule has 0 N–H and O–H groups in total. The van der Waals surface area contributed by atoms with E-state index in [1.807, 2.05) is 0 Å². The molecule has 0 atom stereocenters. The summed E-state index contributed by atoms with van der Waals surface area (Å²) in [6, 6.07) is 1.30. The van der Waals surface area contributed by atoms with Crippen molar-refractivity contribution in [2.45, 2.75) is 46.7 Å². The quantitative estimate of drug-likeness (QED) is 0.460. The number of rotatable bonds is 6. The van der Waals surface area contributed by atoms with Crippen molar-refractivity contribution in [1.29, 1.82) is 0 Å². The molecule has 0 aliphatic carbocycles. The molecular weight excluding hydrogens is 166 g/mol. The average Bonchev–Trinajstić information content (AvgIpc) is 1.96. The van der Waals surface area contributed by atoms with Crippen LogP contribution >= 0.6 is 0 Å². The van der Waals surface area contributed by atoms with Crippen LogP contribution in [0.25, 0.3) is 0 Å². The van der Waals surface area contributed by atoms with E-state index >= 15 is 0 Å². The summed E-state index contributed by atoms with van der Waals surface area (Å²) in [7, 11) is -0.296. The fraction of sp³-hybridized carbons (Fsp3) is 1.00. The highest BCUT2D eigenvalue weighted by Gasteiger charge is 2.12. The predicted molar refractivity (Wildman–Crippen MR) is 57.1 cm³/mol. The minimum absolute atomic E-state index is 0.296. The summed E-state index contributed by atoms with van der Waals surface area (Å²) in [5, 5.41) is 0. The normalized spacial score (nSPS) is 13.0. The molecule has 0 spiro atoms. The van der Waals surface area contributed by atoms with Gasteiger partial charge in [-0.15, -0.1) is 0 Å². The van der Waals surface area contributed by atoms with Crippen molar-refractivity contribution in [2.75, 3.05) is 12.8 Å². The molecule has 0 heterocycles. The van der Waals surface area contributed by atoms with Crippen LogP contribution < -0.4 is 0 Å². The van der Waals surface area contributed by atoms with Crippen LogP contribution in [0.3, 0.4) is 0 Å². The molecule has 0 aromatic heterocycles. The van der Waals surface area contributed by atoms with E-state index in [0.717, 1.165) is 6.61 Å². The molecule has 2 nitrogen and oxygen atoms in total. The Bertz CT molecular complexity index is 98.7. The van der Waals surface area contributed by atoms with Crippen molar-refractivity contribution in [3.8, 4) is 0 Å². The van der Waals surface area contributed by atoms with Crippen LogP contribution in [-0.4, -0.2) is 39.5 Å². The Hall–Kier alpha value is 0.137. The third-order valence-electron chi connectivity index (χ3n) is 2.02. The highest BCUT2D eigenvalue weighted by molar-refractivity contribution is 6.27. The zero-order valence-corrected chi connectivity index (χ0v) is 10.5. The molecule has 12 heavy (non-hydrogen) atoms. The third kappa shape index (κ3) is 4.90. The fourth-order valence-electron chi connectivity index (χ4n) is 1.43. The molecule has 0 rings (SSSR count). The van der Waals surface area contributed by atoms with Crippen LogP contribution in [-0.2, 0) is 4.43 Å². The minimum Gasteiger partial charge on any atom is -0.423 e. The molecule has 0 aliphatic heterocycles. The molecule has 0 aromatic rings. The smallest absolute Gasteiger partial charge is 0.175 e. The third-order valence-corrected chi connectivity index (χ3v) is 3.42. The second kappa shape index (κ2) is 6.63. The van der Waals surface area contributed by atoms with E-state index in [1.54, 1.807) is 0 Å². The van der Waals surface area contributed by atoms with Crippen molar-refractivity contribution in [1.82, 2.24) is 4.90 Å². The molecule has 0 saturated heterocycles. The molecule has 0 saturated carbocycles. The Labute approximate surface area is 79.2 Å². The van der Waals surface area contributed by atoms with E-state index in [4.69, 9.17) is 4.43 Å². The maximum atomic E-state index is 5.46. The van der Waals surface area contributed by atoms with Gasteiger partial charge in [-0.3, -0.25) is 4.90 Å². The SMILES string of the molecule is CCO[SiH2]CN(C(C)C)C(C)C. The van der Waals surface area contributed by atoms with Crippen LogP contribution in [0.15, 0.2) is 0 Å². The first-order valence-electron chi connectivity index (χ1n) is 4.93. The van der Waals surface area contributed by atoms with Crippen LogP contribution in [0, 0.1) is 0 Å². The summed E-state index contributed by atoms with van der Waals surface area (Å²) >= 11 is 0. The first-order chi connectivity index (χ1) is 5.59. The molecule has 0 amide bonds. The number of hydrogen-bond acceptors (Lipinski definition) is 2. The van der Waals surface area contributed by atoms with Gasteiger partial charge in [-0.25, -0.2) is 0 Å². The Morgan fingerprint density at radius 2 is 1.67 bits per heavy atom. The molecule has 0 aliphatic rings. The zero-order chi connectivity index (χ0) is 9.56. The summed E-state index contributed by atoms with van der Waals surface area (Å²) in [6.07, 6.45) is 1.18.